The van der Waals surface area contributed by atoms with Gasteiger partial charge >= 0.3 is 0 Å². The highest BCUT2D eigenvalue weighted by Crippen LogP contribution is 2.31. The summed E-state index contributed by atoms with van der Waals surface area (Å²) in [5.74, 6) is 1.72. The second-order valence-electron chi connectivity index (χ2n) is 8.84. The maximum atomic E-state index is 12.5. The predicted molar refractivity (Wildman–Crippen MR) is 135 cm³/mol. The molecular formula is C26H33N3O4S. The van der Waals surface area contributed by atoms with E-state index in [1.807, 2.05) is 12.1 Å². The lowest BCUT2D eigenvalue weighted by Crippen LogP contribution is -2.49. The molecule has 2 aromatic carbocycles. The highest BCUT2D eigenvalue weighted by Gasteiger charge is 2.33. The van der Waals surface area contributed by atoms with E-state index in [0.29, 0.717) is 12.8 Å². The minimum Gasteiger partial charge on any atom is -0.345 e. The summed E-state index contributed by atoms with van der Waals surface area (Å²) in [6.45, 7) is 3.57. The van der Waals surface area contributed by atoms with Gasteiger partial charge in [-0.3, -0.25) is 14.5 Å². The molecule has 1 heterocycles. The lowest BCUT2D eigenvalue weighted by molar-refractivity contribution is -0.125. The molecule has 3 rings (SSSR count). The fraction of sp³-hybridized carbons (Fsp3) is 0.462. The molecule has 34 heavy (non-hydrogen) atoms. The van der Waals surface area contributed by atoms with Crippen molar-refractivity contribution in [2.75, 3.05) is 32.4 Å². The smallest absolute Gasteiger partial charge is 0.221 e. The van der Waals surface area contributed by atoms with E-state index < -0.39 is 10.0 Å². The normalized spacial score (nSPS) is 16.3. The lowest BCUT2D eigenvalue weighted by Gasteiger charge is -2.40. The molecule has 7 nitrogen and oxygen atoms in total. The van der Waals surface area contributed by atoms with Gasteiger partial charge in [0, 0.05) is 38.0 Å². The summed E-state index contributed by atoms with van der Waals surface area (Å²) in [6, 6.07) is 14.6. The van der Waals surface area contributed by atoms with E-state index in [-0.39, 0.29) is 49.7 Å². The Morgan fingerprint density at radius 2 is 1.82 bits per heavy atom. The first-order valence-corrected chi connectivity index (χ1v) is 13.5. The summed E-state index contributed by atoms with van der Waals surface area (Å²) in [7, 11) is -3.56. The Balaban J connectivity index is 1.61. The van der Waals surface area contributed by atoms with Crippen molar-refractivity contribution in [1.82, 2.24) is 14.5 Å². The van der Waals surface area contributed by atoms with Gasteiger partial charge in [-0.15, -0.1) is 6.42 Å². The van der Waals surface area contributed by atoms with Crippen LogP contribution in [0.5, 0.6) is 0 Å². The van der Waals surface area contributed by atoms with E-state index in [1.165, 1.54) is 20.6 Å². The molecule has 2 aromatic rings. The van der Waals surface area contributed by atoms with Crippen LogP contribution in [0.2, 0.25) is 0 Å². The van der Waals surface area contributed by atoms with Gasteiger partial charge in [-0.2, -0.15) is 4.31 Å². The van der Waals surface area contributed by atoms with Gasteiger partial charge in [0.2, 0.25) is 15.9 Å². The first kappa shape index (κ1) is 25.9. The number of carbonyl (C=O) groups is 2. The Morgan fingerprint density at radius 1 is 1.15 bits per heavy atom. The van der Waals surface area contributed by atoms with Crippen molar-refractivity contribution < 1.29 is 18.0 Å². The molecule has 1 amide bonds. The minimum atomic E-state index is -3.56. The van der Waals surface area contributed by atoms with E-state index in [4.69, 9.17) is 6.42 Å². The summed E-state index contributed by atoms with van der Waals surface area (Å²) in [6.07, 6.45) is 7.54. The van der Waals surface area contributed by atoms with Crippen molar-refractivity contribution in [3.05, 3.63) is 48.0 Å². The molecule has 1 atom stereocenters. The largest absolute Gasteiger partial charge is 0.345 e. The number of rotatable bonds is 10. The number of sulfonamides is 1. The van der Waals surface area contributed by atoms with E-state index in [0.717, 1.165) is 19.3 Å². The maximum Gasteiger partial charge on any atom is 0.221 e. The Hall–Kier alpha value is -2.73. The summed E-state index contributed by atoms with van der Waals surface area (Å²) in [5, 5.41) is 4.95. The van der Waals surface area contributed by atoms with Crippen molar-refractivity contribution in [1.29, 1.82) is 0 Å². The van der Waals surface area contributed by atoms with Crippen LogP contribution in [0.25, 0.3) is 10.8 Å². The van der Waals surface area contributed by atoms with E-state index in [9.17, 15) is 18.0 Å². The SMILES string of the molecule is C#CCNC(=O)CCC(=O)CN(C1CCN([C@H](C)c2cccc3ccccc23)CC1)S(C)(=O)=O. The molecule has 1 aliphatic rings. The first-order chi connectivity index (χ1) is 16.2. The number of hydrogen-bond donors (Lipinski definition) is 1. The lowest BCUT2D eigenvalue weighted by atomic mass is 9.96. The van der Waals surface area contributed by atoms with Gasteiger partial charge in [0.25, 0.3) is 0 Å². The van der Waals surface area contributed by atoms with Crippen molar-refractivity contribution >= 4 is 32.5 Å². The van der Waals surface area contributed by atoms with Crippen LogP contribution < -0.4 is 5.32 Å². The van der Waals surface area contributed by atoms with E-state index in [2.05, 4.69) is 53.4 Å². The Bertz CT molecular complexity index is 1160. The van der Waals surface area contributed by atoms with Gasteiger partial charge < -0.3 is 5.32 Å². The topological polar surface area (TPSA) is 86.8 Å². The van der Waals surface area contributed by atoms with E-state index in [1.54, 1.807) is 0 Å². The molecule has 0 unspecified atom stereocenters. The van der Waals surface area contributed by atoms with Crippen LogP contribution in [0, 0.1) is 12.3 Å². The number of carbonyl (C=O) groups excluding carboxylic acids is 2. The number of piperidine rings is 1. The highest BCUT2D eigenvalue weighted by atomic mass is 32.2. The minimum absolute atomic E-state index is 0.000886. The summed E-state index contributed by atoms with van der Waals surface area (Å²) < 4.78 is 26.3. The second kappa shape index (κ2) is 11.6. The van der Waals surface area contributed by atoms with Gasteiger partial charge in [0.1, 0.15) is 5.78 Å². The third kappa shape index (κ3) is 6.66. The first-order valence-electron chi connectivity index (χ1n) is 11.6. The molecule has 0 saturated carbocycles. The zero-order valence-electron chi connectivity index (χ0n) is 19.9. The number of ketones is 1. The average molecular weight is 484 g/mol. The number of nitrogens with one attached hydrogen (secondary N) is 1. The van der Waals surface area contributed by atoms with Crippen LogP contribution in [0.3, 0.4) is 0 Å². The standard InChI is InChI=1S/C26H33N3O4S/c1-4-16-27-26(31)13-12-23(30)19-29(34(3,32)33)22-14-17-28(18-15-22)20(2)24-11-7-9-21-8-5-6-10-25(21)24/h1,5-11,20,22H,12-19H2,2-3H3,(H,27,31)/t20-/m1/s1. The molecular weight excluding hydrogens is 450 g/mol. The van der Waals surface area contributed by atoms with Crippen LogP contribution in [0.4, 0.5) is 0 Å². The van der Waals surface area contributed by atoms with Crippen molar-refractivity contribution in [3.63, 3.8) is 0 Å². The third-order valence-corrected chi connectivity index (χ3v) is 7.78. The average Bonchev–Trinajstić information content (AvgIpc) is 2.83. The summed E-state index contributed by atoms with van der Waals surface area (Å²) in [4.78, 5) is 26.5. The van der Waals surface area contributed by atoms with Gasteiger partial charge in [0.15, 0.2) is 0 Å². The van der Waals surface area contributed by atoms with Crippen LogP contribution in [-0.2, 0) is 19.6 Å². The monoisotopic (exact) mass is 483 g/mol. The van der Waals surface area contributed by atoms with Gasteiger partial charge in [0.05, 0.1) is 19.3 Å². The van der Waals surface area contributed by atoms with Gasteiger partial charge in [-0.05, 0) is 36.1 Å². The summed E-state index contributed by atoms with van der Waals surface area (Å²) in [5.41, 5.74) is 1.26. The predicted octanol–water partition coefficient (Wildman–Crippen LogP) is 2.73. The highest BCUT2D eigenvalue weighted by molar-refractivity contribution is 7.88. The van der Waals surface area contributed by atoms with Gasteiger partial charge in [-0.1, -0.05) is 48.4 Å². The molecule has 1 fully saturated rings. The number of hydrogen-bond acceptors (Lipinski definition) is 5. The van der Waals surface area contributed by atoms with Crippen molar-refractivity contribution in [2.45, 2.75) is 44.7 Å². The number of terminal acetylenes is 1. The number of benzene rings is 2. The number of fused-ring (bicyclic) bond motifs is 1. The van der Waals surface area contributed by atoms with Gasteiger partial charge in [-0.25, -0.2) is 8.42 Å². The molecule has 1 aliphatic heterocycles. The number of Topliss-reactive ketones (excluding diaryl/α,β-unsaturated/α-hetero) is 1. The molecule has 1 N–H and O–H groups in total. The second-order valence-corrected chi connectivity index (χ2v) is 10.8. The van der Waals surface area contributed by atoms with Crippen LogP contribution in [0.1, 0.15) is 44.2 Å². The number of nitrogens with zero attached hydrogens (tertiary/aromatic N) is 2. The molecule has 0 radical (unpaired) electrons. The van der Waals surface area contributed by atoms with Crippen LogP contribution >= 0.6 is 0 Å². The zero-order chi connectivity index (χ0) is 24.7. The molecule has 0 bridgehead atoms. The molecule has 0 aliphatic carbocycles. The van der Waals surface area contributed by atoms with Crippen LogP contribution in [-0.4, -0.2) is 67.8 Å². The Kier molecular flexibility index (Phi) is 8.84. The Labute approximate surface area is 202 Å². The van der Waals surface area contributed by atoms with E-state index >= 15 is 0 Å². The molecule has 0 aromatic heterocycles. The molecule has 1 saturated heterocycles. The fourth-order valence-electron chi connectivity index (χ4n) is 4.63. The zero-order valence-corrected chi connectivity index (χ0v) is 20.7. The number of likely N-dealkylation sites (tertiary alicyclic amines) is 1. The Morgan fingerprint density at radius 3 is 2.50 bits per heavy atom. The molecule has 0 spiro atoms. The third-order valence-electron chi connectivity index (χ3n) is 6.50. The molecule has 182 valence electrons. The maximum absolute atomic E-state index is 12.5. The number of amides is 1. The fourth-order valence-corrected chi connectivity index (χ4v) is 5.76. The van der Waals surface area contributed by atoms with Crippen molar-refractivity contribution in [3.8, 4) is 12.3 Å². The quantitative estimate of drug-likeness (QED) is 0.525. The van der Waals surface area contributed by atoms with Crippen molar-refractivity contribution in [2.24, 2.45) is 0 Å². The molecule has 8 heteroatoms. The summed E-state index contributed by atoms with van der Waals surface area (Å²) >= 11 is 0. The van der Waals surface area contributed by atoms with Crippen LogP contribution in [0.15, 0.2) is 42.5 Å².